The van der Waals surface area contributed by atoms with Crippen LogP contribution in [0.15, 0.2) is 10.8 Å². The molecular weight excluding hydrogens is 238 g/mol. The fourth-order valence-corrected chi connectivity index (χ4v) is 2.26. The van der Waals surface area contributed by atoms with Gasteiger partial charge in [-0.3, -0.25) is 9.59 Å². The number of amides is 1. The molecule has 0 aliphatic carbocycles. The predicted octanol–water partition coefficient (Wildman–Crippen LogP) is 2.08. The van der Waals surface area contributed by atoms with Crippen molar-refractivity contribution in [1.29, 1.82) is 0 Å². The van der Waals surface area contributed by atoms with Gasteiger partial charge in [0.05, 0.1) is 12.2 Å². The van der Waals surface area contributed by atoms with Crippen molar-refractivity contribution in [3.05, 3.63) is 21.9 Å². The summed E-state index contributed by atoms with van der Waals surface area (Å²) in [6.45, 7) is 6.33. The molecule has 5 heteroatoms. The van der Waals surface area contributed by atoms with E-state index in [1.165, 1.54) is 16.2 Å². The van der Waals surface area contributed by atoms with Crippen LogP contribution in [0, 0.1) is 6.92 Å². The van der Waals surface area contributed by atoms with Crippen molar-refractivity contribution in [3.63, 3.8) is 0 Å². The zero-order chi connectivity index (χ0) is 12.8. The van der Waals surface area contributed by atoms with E-state index >= 15 is 0 Å². The van der Waals surface area contributed by atoms with Crippen molar-refractivity contribution in [2.45, 2.75) is 20.8 Å². The Morgan fingerprint density at radius 1 is 1.35 bits per heavy atom. The Hall–Kier alpha value is -1.36. The van der Waals surface area contributed by atoms with E-state index < -0.39 is 0 Å². The molecule has 1 rings (SSSR count). The normalized spacial score (nSPS) is 10.1. The van der Waals surface area contributed by atoms with Crippen LogP contribution in [-0.4, -0.2) is 36.5 Å². The topological polar surface area (TPSA) is 46.6 Å². The van der Waals surface area contributed by atoms with E-state index in [1.807, 2.05) is 24.6 Å². The first-order valence-corrected chi connectivity index (χ1v) is 6.52. The van der Waals surface area contributed by atoms with Crippen molar-refractivity contribution in [2.24, 2.45) is 0 Å². The van der Waals surface area contributed by atoms with E-state index in [9.17, 15) is 9.59 Å². The highest BCUT2D eigenvalue weighted by molar-refractivity contribution is 7.08. The smallest absolute Gasteiger partial charge is 0.325 e. The molecule has 0 aliphatic rings. The lowest BCUT2D eigenvalue weighted by molar-refractivity contribution is -0.143. The van der Waals surface area contributed by atoms with Gasteiger partial charge in [0.25, 0.3) is 5.91 Å². The maximum atomic E-state index is 12.1. The number of aryl methyl sites for hydroxylation is 1. The summed E-state index contributed by atoms with van der Waals surface area (Å²) in [5, 5.41) is 3.73. The first-order chi connectivity index (χ1) is 8.10. The van der Waals surface area contributed by atoms with Crippen LogP contribution in [0.25, 0.3) is 0 Å². The summed E-state index contributed by atoms with van der Waals surface area (Å²) in [7, 11) is 0. The van der Waals surface area contributed by atoms with E-state index in [0.717, 1.165) is 5.56 Å². The van der Waals surface area contributed by atoms with Crippen LogP contribution >= 0.6 is 11.3 Å². The molecule has 1 amide bonds. The standard InChI is InChI=1S/C12H17NO3S/c1-4-13(6-11(14)16-5-2)12(15)10-8-17-7-9(10)3/h7-8H,4-6H2,1-3H3. The molecule has 0 bridgehead atoms. The number of hydrogen-bond acceptors (Lipinski definition) is 4. The van der Waals surface area contributed by atoms with E-state index in [-0.39, 0.29) is 18.4 Å². The zero-order valence-corrected chi connectivity index (χ0v) is 11.2. The quantitative estimate of drug-likeness (QED) is 0.757. The van der Waals surface area contributed by atoms with Gasteiger partial charge in [-0.15, -0.1) is 0 Å². The van der Waals surface area contributed by atoms with Crippen LogP contribution < -0.4 is 0 Å². The fraction of sp³-hybridized carbons (Fsp3) is 0.500. The van der Waals surface area contributed by atoms with Crippen molar-refractivity contribution in [1.82, 2.24) is 4.90 Å². The Morgan fingerprint density at radius 3 is 2.53 bits per heavy atom. The third-order valence-corrected chi connectivity index (χ3v) is 3.24. The summed E-state index contributed by atoms with van der Waals surface area (Å²) in [4.78, 5) is 25.0. The minimum Gasteiger partial charge on any atom is -0.465 e. The van der Waals surface area contributed by atoms with Crippen LogP contribution in [0.1, 0.15) is 29.8 Å². The molecule has 94 valence electrons. The fourth-order valence-electron chi connectivity index (χ4n) is 1.44. The maximum absolute atomic E-state index is 12.1. The molecular formula is C12H17NO3S. The molecule has 1 aromatic heterocycles. The van der Waals surface area contributed by atoms with Gasteiger partial charge in [0.2, 0.25) is 0 Å². The summed E-state index contributed by atoms with van der Waals surface area (Å²) in [5.41, 5.74) is 1.61. The van der Waals surface area contributed by atoms with Crippen LogP contribution in [0.3, 0.4) is 0 Å². The number of ether oxygens (including phenoxy) is 1. The molecule has 0 N–H and O–H groups in total. The Kier molecular flexibility index (Phi) is 5.15. The van der Waals surface area contributed by atoms with E-state index in [4.69, 9.17) is 4.74 Å². The lowest BCUT2D eigenvalue weighted by atomic mass is 10.2. The summed E-state index contributed by atoms with van der Waals surface area (Å²) in [5.74, 6) is -0.477. The Morgan fingerprint density at radius 2 is 2.06 bits per heavy atom. The van der Waals surface area contributed by atoms with Crippen molar-refractivity contribution in [2.75, 3.05) is 19.7 Å². The summed E-state index contributed by atoms with van der Waals surface area (Å²) >= 11 is 1.49. The first kappa shape index (κ1) is 13.7. The number of thiophene rings is 1. The monoisotopic (exact) mass is 255 g/mol. The SMILES string of the molecule is CCOC(=O)CN(CC)C(=O)c1cscc1C. The summed E-state index contributed by atoms with van der Waals surface area (Å²) in [6, 6.07) is 0. The number of hydrogen-bond donors (Lipinski definition) is 0. The van der Waals surface area contributed by atoms with Gasteiger partial charge in [-0.1, -0.05) is 0 Å². The average Bonchev–Trinajstić information content (AvgIpc) is 2.72. The second kappa shape index (κ2) is 6.39. The lowest BCUT2D eigenvalue weighted by Crippen LogP contribution is -2.36. The van der Waals surface area contributed by atoms with Gasteiger partial charge in [0.15, 0.2) is 0 Å². The number of esters is 1. The van der Waals surface area contributed by atoms with Crippen LogP contribution in [0.2, 0.25) is 0 Å². The van der Waals surface area contributed by atoms with Crippen molar-refractivity contribution in [3.8, 4) is 0 Å². The second-order valence-electron chi connectivity index (χ2n) is 3.59. The average molecular weight is 255 g/mol. The molecule has 0 fully saturated rings. The molecule has 0 saturated carbocycles. The molecule has 0 saturated heterocycles. The van der Waals surface area contributed by atoms with Crippen LogP contribution in [-0.2, 0) is 9.53 Å². The summed E-state index contributed by atoms with van der Waals surface area (Å²) in [6.07, 6.45) is 0. The van der Waals surface area contributed by atoms with Gasteiger partial charge >= 0.3 is 5.97 Å². The van der Waals surface area contributed by atoms with E-state index in [0.29, 0.717) is 18.7 Å². The van der Waals surface area contributed by atoms with Gasteiger partial charge in [0.1, 0.15) is 6.54 Å². The van der Waals surface area contributed by atoms with Crippen LogP contribution in [0.5, 0.6) is 0 Å². The molecule has 1 heterocycles. The highest BCUT2D eigenvalue weighted by Crippen LogP contribution is 2.15. The van der Waals surface area contributed by atoms with Gasteiger partial charge in [-0.25, -0.2) is 0 Å². The molecule has 0 aliphatic heterocycles. The number of carbonyl (C=O) groups excluding carboxylic acids is 2. The molecule has 0 spiro atoms. The van der Waals surface area contributed by atoms with E-state index in [2.05, 4.69) is 0 Å². The van der Waals surface area contributed by atoms with Gasteiger partial charge in [-0.05, 0) is 31.7 Å². The third kappa shape index (κ3) is 3.56. The number of rotatable bonds is 5. The minimum atomic E-state index is -0.365. The molecule has 17 heavy (non-hydrogen) atoms. The van der Waals surface area contributed by atoms with Crippen molar-refractivity contribution >= 4 is 23.2 Å². The number of likely N-dealkylation sites (N-methyl/N-ethyl adjacent to an activating group) is 1. The largest absolute Gasteiger partial charge is 0.465 e. The maximum Gasteiger partial charge on any atom is 0.325 e. The minimum absolute atomic E-state index is 0.0124. The van der Waals surface area contributed by atoms with E-state index in [1.54, 1.807) is 6.92 Å². The third-order valence-electron chi connectivity index (χ3n) is 2.38. The Labute approximate surface area is 105 Å². The summed E-state index contributed by atoms with van der Waals surface area (Å²) < 4.78 is 4.84. The molecule has 0 atom stereocenters. The number of nitrogens with zero attached hydrogens (tertiary/aromatic N) is 1. The first-order valence-electron chi connectivity index (χ1n) is 5.57. The Bertz CT molecular complexity index is 400. The molecule has 0 aromatic carbocycles. The van der Waals surface area contributed by atoms with Gasteiger partial charge < -0.3 is 9.64 Å². The van der Waals surface area contributed by atoms with Gasteiger partial charge in [0, 0.05) is 11.9 Å². The highest BCUT2D eigenvalue weighted by atomic mass is 32.1. The Balaban J connectivity index is 2.71. The molecule has 4 nitrogen and oxygen atoms in total. The molecule has 0 radical (unpaired) electrons. The number of carbonyl (C=O) groups is 2. The van der Waals surface area contributed by atoms with Gasteiger partial charge in [-0.2, -0.15) is 11.3 Å². The second-order valence-corrected chi connectivity index (χ2v) is 4.34. The zero-order valence-electron chi connectivity index (χ0n) is 10.4. The highest BCUT2D eigenvalue weighted by Gasteiger charge is 2.19. The lowest BCUT2D eigenvalue weighted by Gasteiger charge is -2.19. The van der Waals surface area contributed by atoms with Crippen LogP contribution in [0.4, 0.5) is 0 Å². The molecule has 1 aromatic rings. The molecule has 0 unspecified atom stereocenters. The predicted molar refractivity (Wildman–Crippen MR) is 67.3 cm³/mol. The van der Waals surface area contributed by atoms with Crippen molar-refractivity contribution < 1.29 is 14.3 Å².